The van der Waals surface area contributed by atoms with Gasteiger partial charge < -0.3 is 14.9 Å². The molecule has 0 unspecified atom stereocenters. The van der Waals surface area contributed by atoms with E-state index in [0.29, 0.717) is 6.42 Å². The van der Waals surface area contributed by atoms with E-state index in [0.717, 1.165) is 12.8 Å². The summed E-state index contributed by atoms with van der Waals surface area (Å²) in [5, 5.41) is 19.6. The lowest BCUT2D eigenvalue weighted by atomic mass is 9.45. The van der Waals surface area contributed by atoms with Crippen LogP contribution in [-0.2, 0) is 19.1 Å². The van der Waals surface area contributed by atoms with Gasteiger partial charge in [-0.2, -0.15) is 0 Å². The van der Waals surface area contributed by atoms with Crippen LogP contribution in [0, 0.1) is 28.6 Å². The maximum Gasteiger partial charge on any atom is 0.331 e. The van der Waals surface area contributed by atoms with Crippen LogP contribution in [0.1, 0.15) is 53.4 Å². The molecule has 5 atom stereocenters. The minimum atomic E-state index is -1.15. The van der Waals surface area contributed by atoms with E-state index in [9.17, 15) is 24.6 Å². The molecular weight excluding hydrogens is 372 g/mol. The number of carbonyl (C=O) groups is 3. The Balaban J connectivity index is 2.36. The van der Waals surface area contributed by atoms with Crippen molar-refractivity contribution in [3.8, 4) is 0 Å². The summed E-state index contributed by atoms with van der Waals surface area (Å²) in [6.07, 6.45) is 11.8. The van der Waals surface area contributed by atoms with Gasteiger partial charge in [-0.05, 0) is 37.0 Å². The van der Waals surface area contributed by atoms with Crippen LogP contribution < -0.4 is 0 Å². The van der Waals surface area contributed by atoms with Crippen molar-refractivity contribution in [3.63, 3.8) is 0 Å². The zero-order chi connectivity index (χ0) is 21.8. The van der Waals surface area contributed by atoms with E-state index in [1.54, 1.807) is 18.2 Å². The fourth-order valence-corrected chi connectivity index (χ4v) is 5.76. The van der Waals surface area contributed by atoms with Gasteiger partial charge in [-0.15, -0.1) is 0 Å². The second-order valence-electron chi connectivity index (χ2n) is 9.07. The van der Waals surface area contributed by atoms with Crippen molar-refractivity contribution in [3.05, 3.63) is 36.5 Å². The van der Waals surface area contributed by atoms with E-state index in [-0.39, 0.29) is 17.8 Å². The van der Waals surface area contributed by atoms with Crippen LogP contribution in [0.15, 0.2) is 36.5 Å². The maximum absolute atomic E-state index is 12.4. The Bertz CT molecular complexity index is 732. The van der Waals surface area contributed by atoms with E-state index in [4.69, 9.17) is 4.74 Å². The van der Waals surface area contributed by atoms with Crippen molar-refractivity contribution in [1.82, 2.24) is 0 Å². The van der Waals surface area contributed by atoms with Gasteiger partial charge in [0.15, 0.2) is 0 Å². The summed E-state index contributed by atoms with van der Waals surface area (Å²) in [6.45, 7) is 7.87. The summed E-state index contributed by atoms with van der Waals surface area (Å²) in [5.41, 5.74) is -1.01. The third-order valence-electron chi connectivity index (χ3n) is 6.67. The van der Waals surface area contributed by atoms with Gasteiger partial charge in [0.2, 0.25) is 0 Å². The third kappa shape index (κ3) is 4.80. The highest BCUT2D eigenvalue weighted by Gasteiger charge is 2.63. The molecule has 0 aromatic carbocycles. The Labute approximate surface area is 172 Å². The Kier molecular flexibility index (Phi) is 7.09. The lowest BCUT2D eigenvalue weighted by Crippen LogP contribution is -2.61. The Morgan fingerprint density at radius 2 is 1.62 bits per heavy atom. The van der Waals surface area contributed by atoms with Gasteiger partial charge >= 0.3 is 17.9 Å². The molecule has 0 bridgehead atoms. The maximum atomic E-state index is 12.4. The molecule has 29 heavy (non-hydrogen) atoms. The molecule has 0 aromatic rings. The van der Waals surface area contributed by atoms with Gasteiger partial charge in [0, 0.05) is 12.0 Å². The highest BCUT2D eigenvalue weighted by atomic mass is 16.5. The average molecular weight is 405 g/mol. The third-order valence-corrected chi connectivity index (χ3v) is 6.67. The van der Waals surface area contributed by atoms with Crippen LogP contribution in [-0.4, -0.2) is 34.2 Å². The van der Waals surface area contributed by atoms with Crippen LogP contribution >= 0.6 is 0 Å². The van der Waals surface area contributed by atoms with Gasteiger partial charge in [-0.3, -0.25) is 9.59 Å². The van der Waals surface area contributed by atoms with Gasteiger partial charge in [0.1, 0.15) is 6.10 Å². The molecule has 0 saturated heterocycles. The SMILES string of the molecule is C/C=C/C=C/C=C/C(=O)O[C@@H]1C[C@@H](C(=O)O)[C@H](C(=O)O)[C@@]2(C)CCCC(C)(C)[C@@H]12. The number of carboxylic acid groups (broad SMARTS) is 2. The van der Waals surface area contributed by atoms with Gasteiger partial charge in [-0.25, -0.2) is 4.79 Å². The smallest absolute Gasteiger partial charge is 0.331 e. The molecular formula is C23H32O6. The van der Waals surface area contributed by atoms with Crippen molar-refractivity contribution in [1.29, 1.82) is 0 Å². The highest BCUT2D eigenvalue weighted by molar-refractivity contribution is 5.83. The topological polar surface area (TPSA) is 101 Å². The summed E-state index contributed by atoms with van der Waals surface area (Å²) < 4.78 is 5.74. The van der Waals surface area contributed by atoms with Crippen LogP contribution in [0.3, 0.4) is 0 Å². The second-order valence-corrected chi connectivity index (χ2v) is 9.07. The van der Waals surface area contributed by atoms with Crippen molar-refractivity contribution in [2.24, 2.45) is 28.6 Å². The van der Waals surface area contributed by atoms with Crippen LogP contribution in [0.5, 0.6) is 0 Å². The zero-order valence-corrected chi connectivity index (χ0v) is 17.6. The van der Waals surface area contributed by atoms with Crippen molar-refractivity contribution < 1.29 is 29.3 Å². The lowest BCUT2D eigenvalue weighted by molar-refractivity contribution is -0.201. The summed E-state index contributed by atoms with van der Waals surface area (Å²) in [7, 11) is 0. The molecule has 2 aliphatic rings. The normalized spacial score (nSPS) is 34.3. The summed E-state index contributed by atoms with van der Waals surface area (Å²) in [4.78, 5) is 36.4. The first-order chi connectivity index (χ1) is 13.5. The lowest BCUT2D eigenvalue weighted by Gasteiger charge is -2.59. The number of rotatable bonds is 6. The zero-order valence-electron chi connectivity index (χ0n) is 17.6. The quantitative estimate of drug-likeness (QED) is 0.390. The minimum Gasteiger partial charge on any atom is -0.481 e. The fraction of sp³-hybridized carbons (Fsp3) is 0.609. The number of ether oxygens (including phenoxy) is 1. The molecule has 2 fully saturated rings. The number of carbonyl (C=O) groups excluding carboxylic acids is 1. The Hall–Kier alpha value is -2.37. The van der Waals surface area contributed by atoms with Crippen LogP contribution in [0.4, 0.5) is 0 Å². The Morgan fingerprint density at radius 1 is 0.966 bits per heavy atom. The summed E-state index contributed by atoms with van der Waals surface area (Å²) in [6, 6.07) is 0. The van der Waals surface area contributed by atoms with E-state index < -0.39 is 41.3 Å². The van der Waals surface area contributed by atoms with Gasteiger partial charge in [0.25, 0.3) is 0 Å². The molecule has 6 heteroatoms. The molecule has 160 valence electrons. The molecule has 2 N–H and O–H groups in total. The standard InChI is InChI=1S/C23H32O6/c1-5-6-7-8-9-11-17(24)29-16-14-15(20(25)26)18(21(27)28)23(4)13-10-12-22(2,3)19(16)23/h5-9,11,15-16,18-19H,10,12-14H2,1-4H3,(H,25,26)(H,27,28)/b6-5+,8-7+,11-9+/t15-,16-,18-,19-,23-/m1/s1. The van der Waals surface area contributed by atoms with Crippen molar-refractivity contribution >= 4 is 17.9 Å². The first-order valence-electron chi connectivity index (χ1n) is 10.2. The van der Waals surface area contributed by atoms with Gasteiger partial charge in [-0.1, -0.05) is 57.6 Å². The number of aliphatic carboxylic acids is 2. The number of hydrogen-bond acceptors (Lipinski definition) is 4. The fourth-order valence-electron chi connectivity index (χ4n) is 5.76. The van der Waals surface area contributed by atoms with Gasteiger partial charge in [0.05, 0.1) is 11.8 Å². The molecule has 0 aromatic heterocycles. The number of fused-ring (bicyclic) bond motifs is 1. The molecule has 2 aliphatic carbocycles. The monoisotopic (exact) mass is 404 g/mol. The summed E-state index contributed by atoms with van der Waals surface area (Å²) in [5.74, 6) is -5.08. The number of hydrogen-bond donors (Lipinski definition) is 2. The molecule has 6 nitrogen and oxygen atoms in total. The van der Waals surface area contributed by atoms with Crippen molar-refractivity contribution in [2.75, 3.05) is 0 Å². The number of allylic oxidation sites excluding steroid dienone is 5. The first-order valence-corrected chi connectivity index (χ1v) is 10.2. The summed E-state index contributed by atoms with van der Waals surface area (Å²) >= 11 is 0. The molecule has 0 amide bonds. The van der Waals surface area contributed by atoms with Crippen molar-refractivity contribution in [2.45, 2.75) is 59.5 Å². The second kappa shape index (κ2) is 8.97. The minimum absolute atomic E-state index is 0.0178. The molecule has 0 spiro atoms. The van der Waals surface area contributed by atoms with Crippen LogP contribution in [0.2, 0.25) is 0 Å². The van der Waals surface area contributed by atoms with E-state index >= 15 is 0 Å². The largest absolute Gasteiger partial charge is 0.481 e. The molecule has 0 radical (unpaired) electrons. The predicted molar refractivity (Wildman–Crippen MR) is 109 cm³/mol. The molecule has 0 heterocycles. The van der Waals surface area contributed by atoms with E-state index in [1.165, 1.54) is 6.08 Å². The molecule has 0 aliphatic heterocycles. The molecule has 2 saturated carbocycles. The average Bonchev–Trinajstić information content (AvgIpc) is 2.59. The molecule has 2 rings (SSSR count). The number of carboxylic acids is 2. The highest BCUT2D eigenvalue weighted by Crippen LogP contribution is 2.61. The van der Waals surface area contributed by atoms with Crippen LogP contribution in [0.25, 0.3) is 0 Å². The first kappa shape index (κ1) is 22.9. The number of esters is 1. The van der Waals surface area contributed by atoms with E-state index in [2.05, 4.69) is 13.8 Å². The van der Waals surface area contributed by atoms with E-state index in [1.807, 2.05) is 26.0 Å². The Morgan fingerprint density at radius 3 is 2.21 bits per heavy atom. The predicted octanol–water partition coefficient (Wildman–Crippen LogP) is 4.22.